The molecular weight excluding hydrogens is 355 g/mol. The van der Waals surface area contributed by atoms with Crippen molar-refractivity contribution < 1.29 is 51.6 Å². The van der Waals surface area contributed by atoms with Crippen molar-refractivity contribution in [2.75, 3.05) is 0 Å². The molecule has 2 rings (SSSR count). The second-order valence-electron chi connectivity index (χ2n) is 5.79. The van der Waals surface area contributed by atoms with Crippen LogP contribution in [-0.4, -0.2) is 13.2 Å². The summed E-state index contributed by atoms with van der Waals surface area (Å²) in [6, 6.07) is 5.51. The molecule has 0 bridgehead atoms. The SMILES string of the molecule is C[Si](C)(C)C1=[C-]CC=C1.Cc1cc(C)cc(O)c1.[Cl-].[Cl-].[Ti]. The number of aromatic hydroxyl groups is 1. The molecule has 0 heterocycles. The third-order valence-electron chi connectivity index (χ3n) is 2.71. The van der Waals surface area contributed by atoms with Crippen molar-refractivity contribution in [3.8, 4) is 5.75 Å². The Hall–Kier alpha value is 0.0112. The monoisotopic (exact) mass is 377 g/mol. The molecule has 5 heteroatoms. The van der Waals surface area contributed by atoms with Gasteiger partial charge in [-0.15, -0.1) is 6.42 Å². The fourth-order valence-electron chi connectivity index (χ4n) is 1.87. The number of allylic oxidation sites excluding steroid dienone is 4. The molecule has 1 aromatic carbocycles. The van der Waals surface area contributed by atoms with E-state index in [1.807, 2.05) is 19.9 Å². The number of phenolic OH excluding ortho intramolecular Hbond substituents is 1. The van der Waals surface area contributed by atoms with E-state index in [9.17, 15) is 0 Å². The van der Waals surface area contributed by atoms with Crippen LogP contribution in [0.3, 0.4) is 0 Å². The van der Waals surface area contributed by atoms with Gasteiger partial charge in [0.05, 0.1) is 0 Å². The minimum Gasteiger partial charge on any atom is -1.00 e. The van der Waals surface area contributed by atoms with Crippen molar-refractivity contribution in [2.24, 2.45) is 0 Å². The van der Waals surface area contributed by atoms with E-state index in [-0.39, 0.29) is 46.5 Å². The summed E-state index contributed by atoms with van der Waals surface area (Å²) in [5.41, 5.74) is 2.21. The first kappa shape index (κ1) is 25.9. The summed E-state index contributed by atoms with van der Waals surface area (Å²) in [5.74, 6) is 0.354. The molecule has 1 aromatic rings. The number of aryl methyl sites for hydroxylation is 2. The third-order valence-corrected chi connectivity index (χ3v) is 4.67. The molecule has 118 valence electrons. The molecule has 0 saturated heterocycles. The molecule has 1 aliphatic rings. The quantitative estimate of drug-likeness (QED) is 0.470. The molecule has 0 unspecified atom stereocenters. The van der Waals surface area contributed by atoms with Crippen LogP contribution in [0.4, 0.5) is 0 Å². The molecular formula is C16H23Cl2OSiTi-3. The maximum atomic E-state index is 8.99. The van der Waals surface area contributed by atoms with Crippen LogP contribution in [0.1, 0.15) is 17.5 Å². The Labute approximate surface area is 157 Å². The molecule has 0 saturated carbocycles. The fourth-order valence-corrected chi connectivity index (χ4v) is 3.12. The van der Waals surface area contributed by atoms with Gasteiger partial charge in [0.1, 0.15) is 5.75 Å². The third kappa shape index (κ3) is 10.4. The number of hydrogen-bond acceptors (Lipinski definition) is 1. The molecule has 0 atom stereocenters. The largest absolute Gasteiger partial charge is 1.00 e. The van der Waals surface area contributed by atoms with Gasteiger partial charge in [-0.05, 0) is 37.1 Å². The van der Waals surface area contributed by atoms with Gasteiger partial charge in [0.2, 0.25) is 0 Å². The van der Waals surface area contributed by atoms with Gasteiger partial charge in [-0.2, -0.15) is 6.08 Å². The van der Waals surface area contributed by atoms with Gasteiger partial charge in [-0.3, -0.25) is 6.08 Å². The number of rotatable bonds is 1. The van der Waals surface area contributed by atoms with Crippen molar-refractivity contribution in [2.45, 2.75) is 39.9 Å². The maximum Gasteiger partial charge on any atom is 0.116 e. The molecule has 1 aliphatic carbocycles. The standard InChI is InChI=1S/C8H10O.C8H13Si.2ClH.Ti/c1-6-3-7(2)5-8(9)4-6;1-9(2,3)8-6-4-5-7-8;;;/h3-5,9H,1-2H3;4,6H,5H2,1-3H3;2*1H;/q;-1;;;/p-2. The van der Waals surface area contributed by atoms with Crippen LogP contribution in [-0.2, 0) is 21.7 Å². The summed E-state index contributed by atoms with van der Waals surface area (Å²) in [5, 5.41) is 10.5. The van der Waals surface area contributed by atoms with Crippen LogP contribution < -0.4 is 24.8 Å². The Morgan fingerprint density at radius 1 is 1.00 bits per heavy atom. The molecule has 0 radical (unpaired) electrons. The van der Waals surface area contributed by atoms with E-state index in [2.05, 4.69) is 37.9 Å². The predicted molar refractivity (Wildman–Crippen MR) is 81.4 cm³/mol. The van der Waals surface area contributed by atoms with Gasteiger partial charge in [0.15, 0.2) is 0 Å². The number of phenols is 1. The van der Waals surface area contributed by atoms with Crippen LogP contribution in [0.25, 0.3) is 0 Å². The predicted octanol–water partition coefficient (Wildman–Crippen LogP) is -1.43. The Balaban J connectivity index is -0.000000270. The van der Waals surface area contributed by atoms with Gasteiger partial charge in [0.25, 0.3) is 0 Å². The minimum atomic E-state index is -1.01. The molecule has 1 N–H and O–H groups in total. The molecule has 1 nitrogen and oxygen atoms in total. The average Bonchev–Trinajstić information content (AvgIpc) is 2.66. The van der Waals surface area contributed by atoms with E-state index in [0.717, 1.165) is 17.5 Å². The topological polar surface area (TPSA) is 20.2 Å². The zero-order valence-electron chi connectivity index (χ0n) is 13.3. The average molecular weight is 378 g/mol. The number of hydrogen-bond donors (Lipinski definition) is 1. The Morgan fingerprint density at radius 3 is 1.71 bits per heavy atom. The normalized spacial score (nSPS) is 12.0. The van der Waals surface area contributed by atoms with Crippen LogP contribution >= 0.6 is 0 Å². The fraction of sp³-hybridized carbons (Fsp3) is 0.375. The Bertz CT molecular complexity index is 429. The van der Waals surface area contributed by atoms with Gasteiger partial charge >= 0.3 is 0 Å². The van der Waals surface area contributed by atoms with Crippen molar-refractivity contribution in [3.63, 3.8) is 0 Å². The summed E-state index contributed by atoms with van der Waals surface area (Å²) >= 11 is 0. The first-order valence-corrected chi connectivity index (χ1v) is 9.84. The summed E-state index contributed by atoms with van der Waals surface area (Å²) in [6.45, 7) is 11.0. The molecule has 21 heavy (non-hydrogen) atoms. The second-order valence-corrected chi connectivity index (χ2v) is 10.8. The van der Waals surface area contributed by atoms with Crippen LogP contribution in [0.2, 0.25) is 19.6 Å². The molecule has 0 amide bonds. The van der Waals surface area contributed by atoms with E-state index >= 15 is 0 Å². The summed E-state index contributed by atoms with van der Waals surface area (Å²) < 4.78 is 0. The van der Waals surface area contributed by atoms with Crippen LogP contribution in [0, 0.1) is 19.9 Å². The molecule has 0 aliphatic heterocycles. The summed E-state index contributed by atoms with van der Waals surface area (Å²) in [6.07, 6.45) is 8.82. The smallest absolute Gasteiger partial charge is 0.116 e. The van der Waals surface area contributed by atoms with Gasteiger partial charge in [0, 0.05) is 29.8 Å². The van der Waals surface area contributed by atoms with Gasteiger partial charge in [-0.25, -0.2) is 11.3 Å². The number of benzene rings is 1. The molecule has 0 aromatic heterocycles. The van der Waals surface area contributed by atoms with E-state index in [1.54, 1.807) is 12.1 Å². The van der Waals surface area contributed by atoms with Crippen molar-refractivity contribution in [1.29, 1.82) is 0 Å². The molecule has 0 spiro atoms. The molecule has 0 fully saturated rings. The zero-order valence-corrected chi connectivity index (χ0v) is 17.4. The van der Waals surface area contributed by atoms with E-state index in [0.29, 0.717) is 5.75 Å². The van der Waals surface area contributed by atoms with Crippen molar-refractivity contribution in [3.05, 3.63) is 52.8 Å². The minimum absolute atomic E-state index is 0. The number of halogens is 2. The van der Waals surface area contributed by atoms with Gasteiger partial charge in [-0.1, -0.05) is 25.7 Å². The second kappa shape index (κ2) is 11.6. The Morgan fingerprint density at radius 2 is 1.48 bits per heavy atom. The first-order valence-electron chi connectivity index (χ1n) is 6.34. The van der Waals surface area contributed by atoms with Crippen LogP contribution in [0.5, 0.6) is 5.75 Å². The van der Waals surface area contributed by atoms with E-state index < -0.39 is 8.07 Å². The maximum absolute atomic E-state index is 8.99. The van der Waals surface area contributed by atoms with Crippen LogP contribution in [0.15, 0.2) is 35.5 Å². The Kier molecular flexibility index (Phi) is 14.3. The zero-order chi connectivity index (χ0) is 13.8. The van der Waals surface area contributed by atoms with Gasteiger partial charge < -0.3 is 29.9 Å². The van der Waals surface area contributed by atoms with Crippen molar-refractivity contribution >= 4 is 8.07 Å². The summed E-state index contributed by atoms with van der Waals surface area (Å²) in [7, 11) is -1.01. The van der Waals surface area contributed by atoms with E-state index in [1.165, 1.54) is 5.20 Å². The first-order chi connectivity index (χ1) is 8.29. The van der Waals surface area contributed by atoms with E-state index in [4.69, 9.17) is 5.11 Å². The summed E-state index contributed by atoms with van der Waals surface area (Å²) in [4.78, 5) is 0. The van der Waals surface area contributed by atoms with Crippen molar-refractivity contribution in [1.82, 2.24) is 0 Å².